The van der Waals surface area contributed by atoms with Gasteiger partial charge >= 0.3 is 0 Å². The predicted octanol–water partition coefficient (Wildman–Crippen LogP) is 1.29. The number of nitrogen functional groups attached to an aromatic ring is 1. The molecule has 0 radical (unpaired) electrons. The second kappa shape index (κ2) is 7.43. The zero-order chi connectivity index (χ0) is 14.3. The lowest BCUT2D eigenvalue weighted by atomic mass is 10.1. The number of carbonyl (C=O) groups excluding carboxylic acids is 1. The molecule has 5 nitrogen and oxygen atoms in total. The molecule has 19 heavy (non-hydrogen) atoms. The van der Waals surface area contributed by atoms with Gasteiger partial charge in [0.25, 0.3) is 5.91 Å². The summed E-state index contributed by atoms with van der Waals surface area (Å²) >= 11 is 0. The maximum atomic E-state index is 12.3. The Labute approximate surface area is 113 Å². The zero-order valence-electron chi connectivity index (χ0n) is 11.1. The smallest absolute Gasteiger partial charge is 0.254 e. The van der Waals surface area contributed by atoms with Gasteiger partial charge in [0.15, 0.2) is 0 Å². The molecule has 1 amide bonds. The molecule has 0 atom stereocenters. The lowest BCUT2D eigenvalue weighted by Crippen LogP contribution is -2.33. The van der Waals surface area contributed by atoms with Crippen LogP contribution in [0, 0.1) is 0 Å². The summed E-state index contributed by atoms with van der Waals surface area (Å²) in [6.07, 6.45) is 1.61. The van der Waals surface area contributed by atoms with Crippen molar-refractivity contribution in [3.05, 3.63) is 36.4 Å². The van der Waals surface area contributed by atoms with E-state index in [1.54, 1.807) is 24.3 Å². The molecule has 1 aromatic rings. The molecule has 3 N–H and O–H groups in total. The highest BCUT2D eigenvalue weighted by atomic mass is 16.5. The molecule has 0 aromatic heterocycles. The van der Waals surface area contributed by atoms with Gasteiger partial charge in [0.2, 0.25) is 0 Å². The van der Waals surface area contributed by atoms with Crippen LogP contribution < -0.4 is 10.5 Å². The Morgan fingerprint density at radius 3 is 2.84 bits per heavy atom. The topological polar surface area (TPSA) is 75.8 Å². The van der Waals surface area contributed by atoms with Crippen molar-refractivity contribution in [1.82, 2.24) is 4.90 Å². The number of anilines is 1. The number of benzene rings is 1. The van der Waals surface area contributed by atoms with Crippen molar-refractivity contribution in [3.8, 4) is 5.75 Å². The first-order chi connectivity index (χ1) is 9.12. The summed E-state index contributed by atoms with van der Waals surface area (Å²) in [5.41, 5.74) is 6.67. The zero-order valence-corrected chi connectivity index (χ0v) is 11.1. The van der Waals surface area contributed by atoms with Gasteiger partial charge in [0, 0.05) is 30.4 Å². The average Bonchev–Trinajstić information content (AvgIpc) is 2.37. The summed E-state index contributed by atoms with van der Waals surface area (Å²) in [5, 5.41) is 8.97. The average molecular weight is 264 g/mol. The molecule has 0 aliphatic rings. The fourth-order valence-corrected chi connectivity index (χ4v) is 1.73. The lowest BCUT2D eigenvalue weighted by molar-refractivity contribution is 0.0742. The third-order valence-corrected chi connectivity index (χ3v) is 2.49. The molecule has 0 heterocycles. The maximum Gasteiger partial charge on any atom is 0.254 e. The van der Waals surface area contributed by atoms with Crippen molar-refractivity contribution >= 4 is 11.6 Å². The van der Waals surface area contributed by atoms with Crippen molar-refractivity contribution < 1.29 is 14.6 Å². The third kappa shape index (κ3) is 4.30. The first kappa shape index (κ1) is 15.0. The van der Waals surface area contributed by atoms with Crippen molar-refractivity contribution in [2.24, 2.45) is 0 Å². The van der Waals surface area contributed by atoms with E-state index in [2.05, 4.69) is 6.58 Å². The van der Waals surface area contributed by atoms with Gasteiger partial charge in [0.05, 0.1) is 13.2 Å². The van der Waals surface area contributed by atoms with Crippen LogP contribution >= 0.6 is 0 Å². The number of rotatable bonds is 7. The number of hydrogen-bond donors (Lipinski definition) is 2. The van der Waals surface area contributed by atoms with E-state index >= 15 is 0 Å². The van der Waals surface area contributed by atoms with Crippen molar-refractivity contribution in [2.45, 2.75) is 6.92 Å². The highest BCUT2D eigenvalue weighted by Gasteiger charge is 2.15. The Kier molecular flexibility index (Phi) is 5.89. The molecule has 5 heteroatoms. The van der Waals surface area contributed by atoms with Crippen LogP contribution in [0.1, 0.15) is 17.3 Å². The van der Waals surface area contributed by atoms with E-state index in [4.69, 9.17) is 15.6 Å². The van der Waals surface area contributed by atoms with Crippen molar-refractivity contribution in [1.29, 1.82) is 0 Å². The molecular weight excluding hydrogens is 244 g/mol. The normalized spacial score (nSPS) is 10.0. The lowest BCUT2D eigenvalue weighted by Gasteiger charge is -2.20. The highest BCUT2D eigenvalue weighted by molar-refractivity contribution is 5.95. The van der Waals surface area contributed by atoms with Crippen molar-refractivity contribution in [2.75, 3.05) is 32.0 Å². The summed E-state index contributed by atoms with van der Waals surface area (Å²) in [6.45, 7) is 6.49. The van der Waals surface area contributed by atoms with E-state index in [-0.39, 0.29) is 19.1 Å². The maximum absolute atomic E-state index is 12.3. The third-order valence-electron chi connectivity index (χ3n) is 2.49. The second-order valence-electron chi connectivity index (χ2n) is 3.99. The molecular formula is C14H20N2O3. The Bertz CT molecular complexity index is 446. The van der Waals surface area contributed by atoms with Crippen LogP contribution in [0.4, 0.5) is 5.69 Å². The van der Waals surface area contributed by atoms with E-state index < -0.39 is 0 Å². The van der Waals surface area contributed by atoms with Gasteiger partial charge in [-0.2, -0.15) is 0 Å². The van der Waals surface area contributed by atoms with Crippen LogP contribution in [-0.4, -0.2) is 42.2 Å². The summed E-state index contributed by atoms with van der Waals surface area (Å²) in [5.74, 6) is 0.357. The quantitative estimate of drug-likeness (QED) is 0.574. The van der Waals surface area contributed by atoms with E-state index in [0.717, 1.165) is 0 Å². The number of hydrogen-bond acceptors (Lipinski definition) is 4. The number of carbonyl (C=O) groups is 1. The van der Waals surface area contributed by atoms with Crippen LogP contribution in [-0.2, 0) is 0 Å². The monoisotopic (exact) mass is 264 g/mol. The standard InChI is InChI=1S/C14H20N2O3/c1-3-5-16(6-7-17)14(18)11-8-12(15)10-13(9-11)19-4-2/h3,8-10,17H,1,4-7,15H2,2H3. The first-order valence-electron chi connectivity index (χ1n) is 6.16. The molecule has 0 aliphatic carbocycles. The van der Waals surface area contributed by atoms with Gasteiger partial charge < -0.3 is 20.5 Å². The van der Waals surface area contributed by atoms with Gasteiger partial charge in [-0.05, 0) is 19.1 Å². The van der Waals surface area contributed by atoms with Gasteiger partial charge in [-0.1, -0.05) is 6.08 Å². The molecule has 0 unspecified atom stereocenters. The Morgan fingerprint density at radius 2 is 2.26 bits per heavy atom. The number of aliphatic hydroxyl groups excluding tert-OH is 1. The first-order valence-corrected chi connectivity index (χ1v) is 6.16. The molecule has 0 saturated heterocycles. The SMILES string of the molecule is C=CCN(CCO)C(=O)c1cc(N)cc(OCC)c1. The fraction of sp³-hybridized carbons (Fsp3) is 0.357. The van der Waals surface area contributed by atoms with E-state index in [9.17, 15) is 4.79 Å². The number of nitrogens with two attached hydrogens (primary N) is 1. The van der Waals surface area contributed by atoms with Crippen LogP contribution in [0.5, 0.6) is 5.75 Å². The van der Waals surface area contributed by atoms with Gasteiger partial charge in [-0.15, -0.1) is 6.58 Å². The minimum Gasteiger partial charge on any atom is -0.494 e. The highest BCUT2D eigenvalue weighted by Crippen LogP contribution is 2.20. The van der Waals surface area contributed by atoms with E-state index in [0.29, 0.717) is 30.2 Å². The van der Waals surface area contributed by atoms with Crippen LogP contribution in [0.2, 0.25) is 0 Å². The van der Waals surface area contributed by atoms with Gasteiger partial charge in [-0.25, -0.2) is 0 Å². The van der Waals surface area contributed by atoms with Crippen LogP contribution in [0.25, 0.3) is 0 Å². The number of aliphatic hydroxyl groups is 1. The molecule has 1 aromatic carbocycles. The second-order valence-corrected chi connectivity index (χ2v) is 3.99. The molecule has 0 aliphatic heterocycles. The number of ether oxygens (including phenoxy) is 1. The summed E-state index contributed by atoms with van der Waals surface area (Å²) < 4.78 is 5.36. The van der Waals surface area contributed by atoms with Gasteiger partial charge in [-0.3, -0.25) is 4.79 Å². The van der Waals surface area contributed by atoms with E-state index in [1.807, 2.05) is 6.92 Å². The number of amides is 1. The molecule has 104 valence electrons. The Morgan fingerprint density at radius 1 is 1.53 bits per heavy atom. The molecule has 0 spiro atoms. The van der Waals surface area contributed by atoms with E-state index in [1.165, 1.54) is 4.90 Å². The fourth-order valence-electron chi connectivity index (χ4n) is 1.73. The van der Waals surface area contributed by atoms with Gasteiger partial charge in [0.1, 0.15) is 5.75 Å². The summed E-state index contributed by atoms with van der Waals surface area (Å²) in [7, 11) is 0. The van der Waals surface area contributed by atoms with Crippen molar-refractivity contribution in [3.63, 3.8) is 0 Å². The van der Waals surface area contributed by atoms with Crippen LogP contribution in [0.3, 0.4) is 0 Å². The van der Waals surface area contributed by atoms with Crippen LogP contribution in [0.15, 0.2) is 30.9 Å². The number of nitrogens with zero attached hydrogens (tertiary/aromatic N) is 1. The molecule has 0 bridgehead atoms. The summed E-state index contributed by atoms with van der Waals surface area (Å²) in [6, 6.07) is 4.91. The molecule has 0 fully saturated rings. The minimum atomic E-state index is -0.206. The largest absolute Gasteiger partial charge is 0.494 e. The predicted molar refractivity (Wildman–Crippen MR) is 75.2 cm³/mol. The Hall–Kier alpha value is -2.01. The molecule has 1 rings (SSSR count). The summed E-state index contributed by atoms with van der Waals surface area (Å²) in [4.78, 5) is 13.8. The molecule has 0 saturated carbocycles. The minimum absolute atomic E-state index is 0.0970. The Balaban J connectivity index is 2.98.